The highest BCUT2D eigenvalue weighted by Crippen LogP contribution is 2.34. The fourth-order valence-corrected chi connectivity index (χ4v) is 3.43. The van der Waals surface area contributed by atoms with Crippen LogP contribution in [0.2, 0.25) is 0 Å². The fraction of sp³-hybridized carbons (Fsp3) is 0.0870. The zero-order valence-corrected chi connectivity index (χ0v) is 15.0. The molecule has 0 aliphatic carbocycles. The van der Waals surface area contributed by atoms with E-state index in [9.17, 15) is 13.6 Å². The summed E-state index contributed by atoms with van der Waals surface area (Å²) in [5, 5.41) is 3.63. The average molecular weight is 376 g/mol. The van der Waals surface area contributed by atoms with Crippen LogP contribution in [0.4, 0.5) is 14.5 Å². The van der Waals surface area contributed by atoms with Gasteiger partial charge in [0.1, 0.15) is 11.6 Å². The summed E-state index contributed by atoms with van der Waals surface area (Å²) >= 11 is 0. The number of rotatable bonds is 5. The van der Waals surface area contributed by atoms with Gasteiger partial charge in [0.15, 0.2) is 0 Å². The minimum Gasteiger partial charge on any atom is -0.361 e. The van der Waals surface area contributed by atoms with Crippen LogP contribution < -0.4 is 5.32 Å². The fourth-order valence-electron chi connectivity index (χ4n) is 3.43. The molecule has 3 aromatic carbocycles. The number of amides is 1. The van der Waals surface area contributed by atoms with Gasteiger partial charge < -0.3 is 10.3 Å². The third-order valence-corrected chi connectivity index (χ3v) is 4.81. The summed E-state index contributed by atoms with van der Waals surface area (Å²) in [5.74, 6) is -1.44. The van der Waals surface area contributed by atoms with Crippen LogP contribution in [-0.4, -0.2) is 10.9 Å². The second-order valence-electron chi connectivity index (χ2n) is 6.63. The van der Waals surface area contributed by atoms with Gasteiger partial charge in [-0.2, -0.15) is 0 Å². The van der Waals surface area contributed by atoms with Crippen molar-refractivity contribution in [1.82, 2.24) is 4.98 Å². The van der Waals surface area contributed by atoms with E-state index in [0.717, 1.165) is 22.0 Å². The number of fused-ring (bicyclic) bond motifs is 1. The van der Waals surface area contributed by atoms with E-state index in [1.54, 1.807) is 24.3 Å². The monoisotopic (exact) mass is 376 g/mol. The van der Waals surface area contributed by atoms with Crippen LogP contribution in [0.25, 0.3) is 10.9 Å². The Morgan fingerprint density at radius 3 is 2.43 bits per heavy atom. The third-order valence-electron chi connectivity index (χ3n) is 4.81. The average Bonchev–Trinajstić information content (AvgIpc) is 3.13. The smallest absolute Gasteiger partial charge is 0.225 e. The first kappa shape index (κ1) is 17.9. The summed E-state index contributed by atoms with van der Waals surface area (Å²) < 4.78 is 27.3. The van der Waals surface area contributed by atoms with Crippen molar-refractivity contribution in [1.29, 1.82) is 0 Å². The summed E-state index contributed by atoms with van der Waals surface area (Å²) in [5.41, 5.74) is 2.85. The van der Waals surface area contributed by atoms with Gasteiger partial charge in [-0.1, -0.05) is 42.5 Å². The number of carbonyl (C=O) groups excluding carboxylic acids is 1. The molecule has 5 heteroatoms. The molecule has 0 fully saturated rings. The topological polar surface area (TPSA) is 44.9 Å². The van der Waals surface area contributed by atoms with Gasteiger partial charge in [-0.05, 0) is 41.5 Å². The van der Waals surface area contributed by atoms with Crippen molar-refractivity contribution >= 4 is 22.5 Å². The summed E-state index contributed by atoms with van der Waals surface area (Å²) in [6, 6.07) is 20.0. The molecule has 4 aromatic rings. The van der Waals surface area contributed by atoms with Crippen LogP contribution in [0.3, 0.4) is 0 Å². The largest absolute Gasteiger partial charge is 0.361 e. The Balaban J connectivity index is 1.68. The Labute approximate surface area is 161 Å². The second kappa shape index (κ2) is 7.64. The lowest BCUT2D eigenvalue weighted by molar-refractivity contribution is -0.116. The van der Waals surface area contributed by atoms with Gasteiger partial charge >= 0.3 is 0 Å². The molecule has 0 unspecified atom stereocenters. The molecule has 0 spiro atoms. The van der Waals surface area contributed by atoms with Gasteiger partial charge in [0.05, 0.1) is 5.69 Å². The minimum absolute atomic E-state index is 0.0990. The molecule has 1 heterocycles. The standard InChI is InChI=1S/C23H18F2N2O/c24-16-11-9-15(10-12-16)18(19-14-26-21-7-3-1-5-17(19)21)13-23(28)27-22-8-4-2-6-20(22)25/h1-12,14,18,26H,13H2,(H,27,28)/t18-/m0/s1. The maximum atomic E-state index is 13.9. The number of H-pyrrole nitrogens is 1. The Hall–Kier alpha value is -3.47. The van der Waals surface area contributed by atoms with Gasteiger partial charge in [-0.25, -0.2) is 8.78 Å². The lowest BCUT2D eigenvalue weighted by Gasteiger charge is -2.17. The molecule has 0 aliphatic rings. The van der Waals surface area contributed by atoms with Crippen LogP contribution in [0.1, 0.15) is 23.5 Å². The maximum absolute atomic E-state index is 13.9. The summed E-state index contributed by atoms with van der Waals surface area (Å²) in [6.45, 7) is 0. The van der Waals surface area contributed by atoms with E-state index in [-0.39, 0.29) is 29.8 Å². The number of anilines is 1. The molecule has 140 valence electrons. The first-order valence-corrected chi connectivity index (χ1v) is 8.97. The molecule has 1 aromatic heterocycles. The number of nitrogens with one attached hydrogen (secondary N) is 2. The maximum Gasteiger partial charge on any atom is 0.225 e. The normalized spacial score (nSPS) is 12.1. The number of aromatic amines is 1. The van der Waals surface area contributed by atoms with E-state index < -0.39 is 5.82 Å². The predicted octanol–water partition coefficient (Wildman–Crippen LogP) is 5.61. The first-order chi connectivity index (χ1) is 13.6. The molecular weight excluding hydrogens is 358 g/mol. The van der Waals surface area contributed by atoms with Crippen LogP contribution in [0, 0.1) is 11.6 Å². The Bertz CT molecular complexity index is 1120. The molecular formula is C23H18F2N2O. The molecule has 0 aliphatic heterocycles. The SMILES string of the molecule is O=C(C[C@@H](c1ccc(F)cc1)c1c[nH]c2ccccc12)Nc1ccccc1F. The molecule has 1 amide bonds. The zero-order valence-electron chi connectivity index (χ0n) is 15.0. The number of halogens is 2. The number of para-hydroxylation sites is 2. The number of hydrogen-bond donors (Lipinski definition) is 2. The number of benzene rings is 3. The Morgan fingerprint density at radius 2 is 1.64 bits per heavy atom. The lowest BCUT2D eigenvalue weighted by atomic mass is 9.88. The molecule has 28 heavy (non-hydrogen) atoms. The second-order valence-corrected chi connectivity index (χ2v) is 6.63. The van der Waals surface area contributed by atoms with Crippen LogP contribution >= 0.6 is 0 Å². The van der Waals surface area contributed by atoms with E-state index in [1.807, 2.05) is 30.5 Å². The van der Waals surface area contributed by atoms with E-state index in [4.69, 9.17) is 0 Å². The van der Waals surface area contributed by atoms with Gasteiger partial charge in [0.2, 0.25) is 5.91 Å². The van der Waals surface area contributed by atoms with Gasteiger partial charge in [0.25, 0.3) is 0 Å². The van der Waals surface area contributed by atoms with Crippen molar-refractivity contribution in [2.75, 3.05) is 5.32 Å². The van der Waals surface area contributed by atoms with Gasteiger partial charge in [-0.15, -0.1) is 0 Å². The molecule has 0 radical (unpaired) electrons. The molecule has 0 saturated heterocycles. The molecule has 0 saturated carbocycles. The summed E-state index contributed by atoms with van der Waals surface area (Å²) in [7, 11) is 0. The Kier molecular flexibility index (Phi) is 4.89. The molecule has 0 bridgehead atoms. The van der Waals surface area contributed by atoms with Crippen LogP contribution in [0.5, 0.6) is 0 Å². The van der Waals surface area contributed by atoms with Crippen molar-refractivity contribution in [2.45, 2.75) is 12.3 Å². The predicted molar refractivity (Wildman–Crippen MR) is 106 cm³/mol. The van der Waals surface area contributed by atoms with Crippen molar-refractivity contribution in [3.8, 4) is 0 Å². The van der Waals surface area contributed by atoms with Crippen LogP contribution in [-0.2, 0) is 4.79 Å². The number of carbonyl (C=O) groups is 1. The Morgan fingerprint density at radius 1 is 0.929 bits per heavy atom. The van der Waals surface area contributed by atoms with Crippen molar-refractivity contribution < 1.29 is 13.6 Å². The minimum atomic E-state index is -0.485. The van der Waals surface area contributed by atoms with E-state index >= 15 is 0 Å². The van der Waals surface area contributed by atoms with Gasteiger partial charge in [-0.3, -0.25) is 4.79 Å². The molecule has 1 atom stereocenters. The van der Waals surface area contributed by atoms with Gasteiger partial charge in [0, 0.05) is 29.4 Å². The van der Waals surface area contributed by atoms with Crippen LogP contribution in [0.15, 0.2) is 79.0 Å². The molecule has 3 nitrogen and oxygen atoms in total. The highest BCUT2D eigenvalue weighted by molar-refractivity contribution is 5.93. The molecule has 4 rings (SSSR count). The lowest BCUT2D eigenvalue weighted by Crippen LogP contribution is -2.17. The highest BCUT2D eigenvalue weighted by atomic mass is 19.1. The number of hydrogen-bond acceptors (Lipinski definition) is 1. The van der Waals surface area contributed by atoms with E-state index in [1.165, 1.54) is 24.3 Å². The van der Waals surface area contributed by atoms with Crippen molar-refractivity contribution in [3.05, 3.63) is 102 Å². The van der Waals surface area contributed by atoms with Crippen molar-refractivity contribution in [2.24, 2.45) is 0 Å². The number of aromatic nitrogens is 1. The quantitative estimate of drug-likeness (QED) is 0.467. The summed E-state index contributed by atoms with van der Waals surface area (Å²) in [6.07, 6.45) is 1.97. The summed E-state index contributed by atoms with van der Waals surface area (Å²) in [4.78, 5) is 15.9. The highest BCUT2D eigenvalue weighted by Gasteiger charge is 2.22. The first-order valence-electron chi connectivity index (χ1n) is 8.97. The zero-order chi connectivity index (χ0) is 19.5. The van der Waals surface area contributed by atoms with E-state index in [2.05, 4.69) is 10.3 Å². The van der Waals surface area contributed by atoms with Crippen molar-refractivity contribution in [3.63, 3.8) is 0 Å². The molecule has 2 N–H and O–H groups in total. The van der Waals surface area contributed by atoms with E-state index in [0.29, 0.717) is 0 Å². The third kappa shape index (κ3) is 3.64.